The SMILES string of the molecule is CC(=O)OCC1=C(C(=O)O)N2C(=O)[C@@H](NC(=O)Cc3ccccc3)[C@@H]2S(=O)(=O)C1. The van der Waals surface area contributed by atoms with Crippen molar-refractivity contribution in [1.82, 2.24) is 10.2 Å². The first-order valence-corrected chi connectivity index (χ1v) is 10.3. The minimum Gasteiger partial charge on any atom is -0.477 e. The van der Waals surface area contributed by atoms with Gasteiger partial charge in [-0.25, -0.2) is 13.2 Å². The van der Waals surface area contributed by atoms with Gasteiger partial charge in [0.2, 0.25) is 5.91 Å². The maximum absolute atomic E-state index is 12.6. The van der Waals surface area contributed by atoms with Crippen LogP contribution in [0.2, 0.25) is 0 Å². The van der Waals surface area contributed by atoms with Crippen molar-refractivity contribution in [3.63, 3.8) is 0 Å². The number of rotatable bonds is 6. The Morgan fingerprint density at radius 3 is 2.48 bits per heavy atom. The number of benzene rings is 1. The second-order valence-corrected chi connectivity index (χ2v) is 8.75. The van der Waals surface area contributed by atoms with Gasteiger partial charge in [-0.3, -0.25) is 19.3 Å². The predicted molar refractivity (Wildman–Crippen MR) is 97.8 cm³/mol. The second kappa shape index (κ2) is 7.66. The van der Waals surface area contributed by atoms with Gasteiger partial charge >= 0.3 is 11.9 Å². The molecule has 11 heteroatoms. The highest BCUT2D eigenvalue weighted by Crippen LogP contribution is 2.36. The quantitative estimate of drug-likeness (QED) is 0.448. The molecule has 0 bridgehead atoms. The van der Waals surface area contributed by atoms with Gasteiger partial charge in [-0.1, -0.05) is 30.3 Å². The number of nitrogens with zero attached hydrogens (tertiary/aromatic N) is 1. The highest BCUT2D eigenvalue weighted by Gasteiger charge is 2.60. The Kier molecular flexibility index (Phi) is 5.42. The monoisotopic (exact) mass is 422 g/mol. The minimum absolute atomic E-state index is 0.0588. The first-order valence-electron chi connectivity index (χ1n) is 8.58. The summed E-state index contributed by atoms with van der Waals surface area (Å²) < 4.78 is 30.0. The van der Waals surface area contributed by atoms with E-state index in [1.165, 1.54) is 0 Å². The van der Waals surface area contributed by atoms with Gasteiger partial charge in [-0.05, 0) is 5.56 Å². The van der Waals surface area contributed by atoms with Crippen LogP contribution in [0.15, 0.2) is 41.6 Å². The molecule has 0 aliphatic carbocycles. The fraction of sp³-hybridized carbons (Fsp3) is 0.333. The number of hydrogen-bond donors (Lipinski definition) is 2. The topological polar surface area (TPSA) is 147 Å². The fourth-order valence-electron chi connectivity index (χ4n) is 3.33. The summed E-state index contributed by atoms with van der Waals surface area (Å²) in [5.41, 5.74) is -0.0640. The zero-order chi connectivity index (χ0) is 21.3. The van der Waals surface area contributed by atoms with E-state index >= 15 is 0 Å². The average Bonchev–Trinajstić information content (AvgIpc) is 2.64. The van der Waals surface area contributed by atoms with Crippen molar-refractivity contribution >= 4 is 33.6 Å². The van der Waals surface area contributed by atoms with Gasteiger partial charge in [-0.15, -0.1) is 0 Å². The lowest BCUT2D eigenvalue weighted by atomic mass is 10.0. The maximum atomic E-state index is 12.6. The number of carboxylic acid groups (broad SMARTS) is 1. The minimum atomic E-state index is -4.01. The van der Waals surface area contributed by atoms with Crippen LogP contribution < -0.4 is 5.32 Å². The predicted octanol–water partition coefficient (Wildman–Crippen LogP) is -0.788. The van der Waals surface area contributed by atoms with Crippen LogP contribution in [0.4, 0.5) is 0 Å². The Bertz CT molecular complexity index is 1020. The number of nitrogens with one attached hydrogen (secondary N) is 1. The molecule has 3 rings (SSSR count). The lowest BCUT2D eigenvalue weighted by Crippen LogP contribution is -2.75. The van der Waals surface area contributed by atoms with Crippen LogP contribution >= 0.6 is 0 Å². The number of carbonyl (C=O) groups is 4. The van der Waals surface area contributed by atoms with E-state index < -0.39 is 63.1 Å². The van der Waals surface area contributed by atoms with E-state index in [9.17, 15) is 32.7 Å². The molecule has 2 heterocycles. The highest BCUT2D eigenvalue weighted by molar-refractivity contribution is 7.92. The maximum Gasteiger partial charge on any atom is 0.352 e. The number of β-lactam (4-membered cyclic amide) rings is 1. The van der Waals surface area contributed by atoms with Crippen LogP contribution in [0, 0.1) is 0 Å². The number of hydrogen-bond acceptors (Lipinski definition) is 7. The standard InChI is InChI=1S/C18H18N2O8S/c1-10(21)28-8-12-9-29(26,27)17-14(16(23)20(17)15(12)18(24)25)19-13(22)7-11-5-3-2-4-6-11/h2-6,14,17H,7-9H2,1H3,(H,19,22)(H,24,25)/t14-,17+/m1/s1. The van der Waals surface area contributed by atoms with E-state index in [-0.39, 0.29) is 12.0 Å². The van der Waals surface area contributed by atoms with Gasteiger partial charge in [0.1, 0.15) is 18.3 Å². The highest BCUT2D eigenvalue weighted by atomic mass is 32.2. The summed E-state index contributed by atoms with van der Waals surface area (Å²) in [6, 6.07) is 7.28. The van der Waals surface area contributed by atoms with Crippen LogP contribution in [0.25, 0.3) is 0 Å². The molecule has 0 radical (unpaired) electrons. The van der Waals surface area contributed by atoms with Gasteiger partial charge in [-0.2, -0.15) is 0 Å². The number of carbonyl (C=O) groups excluding carboxylic acids is 3. The Hall–Kier alpha value is -3.21. The van der Waals surface area contributed by atoms with Crippen molar-refractivity contribution in [3.05, 3.63) is 47.2 Å². The zero-order valence-corrected chi connectivity index (χ0v) is 16.1. The number of carboxylic acids is 1. The average molecular weight is 422 g/mol. The van der Waals surface area contributed by atoms with E-state index in [1.807, 2.05) is 0 Å². The molecule has 1 fully saturated rings. The normalized spacial score (nSPS) is 22.4. The summed E-state index contributed by atoms with van der Waals surface area (Å²) in [5.74, 6) is -4.34. The number of fused-ring (bicyclic) bond motifs is 1. The van der Waals surface area contributed by atoms with Crippen LogP contribution in [0.3, 0.4) is 0 Å². The van der Waals surface area contributed by atoms with Crippen molar-refractivity contribution in [1.29, 1.82) is 0 Å². The molecule has 1 saturated heterocycles. The molecule has 1 aromatic rings. The molecule has 0 spiro atoms. The number of ether oxygens (including phenoxy) is 1. The van der Waals surface area contributed by atoms with Gasteiger partial charge in [0.05, 0.1) is 12.2 Å². The third-order valence-electron chi connectivity index (χ3n) is 4.54. The van der Waals surface area contributed by atoms with Crippen LogP contribution in [-0.2, 0) is 40.2 Å². The third-order valence-corrected chi connectivity index (χ3v) is 6.51. The lowest BCUT2D eigenvalue weighted by Gasteiger charge is -2.48. The van der Waals surface area contributed by atoms with Crippen molar-refractivity contribution in [2.75, 3.05) is 12.4 Å². The molecule has 2 aliphatic rings. The molecule has 0 aromatic heterocycles. The number of aliphatic carboxylic acids is 1. The number of esters is 1. The molecule has 10 nitrogen and oxygen atoms in total. The molecular formula is C18H18N2O8S. The molecular weight excluding hydrogens is 404 g/mol. The van der Waals surface area contributed by atoms with Gasteiger partial charge in [0.25, 0.3) is 5.91 Å². The molecule has 2 N–H and O–H groups in total. The Balaban J connectivity index is 1.83. The smallest absolute Gasteiger partial charge is 0.352 e. The van der Waals surface area contributed by atoms with E-state index in [4.69, 9.17) is 4.74 Å². The van der Waals surface area contributed by atoms with E-state index in [0.29, 0.717) is 10.5 Å². The summed E-state index contributed by atoms with van der Waals surface area (Å²) in [7, 11) is -4.01. The largest absolute Gasteiger partial charge is 0.477 e. The summed E-state index contributed by atoms with van der Waals surface area (Å²) in [4.78, 5) is 48.0. The van der Waals surface area contributed by atoms with Crippen molar-refractivity contribution in [2.45, 2.75) is 24.8 Å². The van der Waals surface area contributed by atoms with Gasteiger partial charge < -0.3 is 15.2 Å². The molecule has 154 valence electrons. The number of sulfone groups is 1. The summed E-state index contributed by atoms with van der Waals surface area (Å²) in [6.07, 6.45) is -0.0588. The Morgan fingerprint density at radius 1 is 1.24 bits per heavy atom. The molecule has 1 aromatic carbocycles. The van der Waals surface area contributed by atoms with E-state index in [1.54, 1.807) is 30.3 Å². The van der Waals surface area contributed by atoms with E-state index in [0.717, 1.165) is 6.92 Å². The van der Waals surface area contributed by atoms with Crippen molar-refractivity contribution < 1.29 is 37.4 Å². The molecule has 2 amide bonds. The summed E-state index contributed by atoms with van der Waals surface area (Å²) in [5, 5.41) is 10.3. The molecule has 29 heavy (non-hydrogen) atoms. The molecule has 2 atom stereocenters. The van der Waals surface area contributed by atoms with Gasteiger partial charge in [0, 0.05) is 12.5 Å². The van der Waals surface area contributed by atoms with Crippen LogP contribution in [0.5, 0.6) is 0 Å². The van der Waals surface area contributed by atoms with Crippen LogP contribution in [0.1, 0.15) is 12.5 Å². The Morgan fingerprint density at radius 2 is 1.90 bits per heavy atom. The molecule has 0 unspecified atom stereocenters. The zero-order valence-electron chi connectivity index (χ0n) is 15.3. The Labute approximate surface area is 166 Å². The summed E-state index contributed by atoms with van der Waals surface area (Å²) >= 11 is 0. The fourth-order valence-corrected chi connectivity index (χ4v) is 5.33. The van der Waals surface area contributed by atoms with Crippen molar-refractivity contribution in [2.24, 2.45) is 0 Å². The van der Waals surface area contributed by atoms with Crippen molar-refractivity contribution in [3.8, 4) is 0 Å². The first-order chi connectivity index (χ1) is 13.6. The second-order valence-electron chi connectivity index (χ2n) is 6.65. The van der Waals surface area contributed by atoms with Crippen LogP contribution in [-0.4, -0.2) is 66.0 Å². The summed E-state index contributed by atoms with van der Waals surface area (Å²) in [6.45, 7) is 0.534. The number of amides is 2. The van der Waals surface area contributed by atoms with E-state index in [2.05, 4.69) is 5.32 Å². The molecule has 0 saturated carbocycles. The third kappa shape index (κ3) is 3.99. The first kappa shape index (κ1) is 20.5. The van der Waals surface area contributed by atoms with Gasteiger partial charge in [0.15, 0.2) is 15.2 Å². The lowest BCUT2D eigenvalue weighted by molar-refractivity contribution is -0.151. The molecule has 2 aliphatic heterocycles.